The Morgan fingerprint density at radius 1 is 1.00 bits per heavy atom. The minimum absolute atomic E-state index is 0.0964. The second-order valence-corrected chi connectivity index (χ2v) is 8.41. The summed E-state index contributed by atoms with van der Waals surface area (Å²) in [5, 5.41) is 11.7. The van der Waals surface area contributed by atoms with Gasteiger partial charge in [-0.2, -0.15) is 0 Å². The molecule has 0 aliphatic rings. The van der Waals surface area contributed by atoms with Crippen molar-refractivity contribution in [1.29, 1.82) is 0 Å². The summed E-state index contributed by atoms with van der Waals surface area (Å²) in [6.07, 6.45) is -3.83. The number of carboxylic acids is 1. The summed E-state index contributed by atoms with van der Waals surface area (Å²) in [6, 6.07) is 11.5. The van der Waals surface area contributed by atoms with Crippen LogP contribution in [-0.2, 0) is 20.7 Å². The van der Waals surface area contributed by atoms with Gasteiger partial charge >= 0.3 is 18.4 Å². The first kappa shape index (κ1) is 31.7. The average Bonchev–Trinajstić information content (AvgIpc) is 2.88. The second kappa shape index (κ2) is 16.5. The van der Waals surface area contributed by atoms with Crippen LogP contribution in [-0.4, -0.2) is 74.0 Å². The molecule has 216 valence electrons. The Bertz CT molecular complexity index is 1020. The molecule has 2 aromatic carbocycles. The van der Waals surface area contributed by atoms with Crippen LogP contribution in [0, 0.1) is 0 Å². The molecule has 0 aliphatic carbocycles. The van der Waals surface area contributed by atoms with Gasteiger partial charge in [-0.3, -0.25) is 0 Å². The van der Waals surface area contributed by atoms with E-state index < -0.39 is 30.2 Å². The van der Waals surface area contributed by atoms with Crippen molar-refractivity contribution < 1.29 is 46.8 Å². The van der Waals surface area contributed by atoms with Crippen LogP contribution in [0.1, 0.15) is 32.3 Å². The van der Waals surface area contributed by atoms with Crippen molar-refractivity contribution >= 4 is 17.7 Å². The Kier molecular flexibility index (Phi) is 13.4. The van der Waals surface area contributed by atoms with Crippen molar-refractivity contribution in [2.24, 2.45) is 0 Å². The summed E-state index contributed by atoms with van der Waals surface area (Å²) in [7, 11) is 0. The molecule has 0 aromatic heterocycles. The monoisotopic (exact) mass is 556 g/mol. The molecule has 2 rings (SSSR count). The highest BCUT2D eigenvalue weighted by Gasteiger charge is 2.32. The molecule has 0 radical (unpaired) electrons. The number of amides is 2. The lowest BCUT2D eigenvalue weighted by Gasteiger charge is -2.24. The van der Waals surface area contributed by atoms with Gasteiger partial charge in [0, 0.05) is 26.2 Å². The number of halogens is 3. The van der Waals surface area contributed by atoms with Gasteiger partial charge in [-0.1, -0.05) is 37.6 Å². The SMILES string of the molecule is CCCCOCCN(CCOc1ccc(CC(OCC)C(=O)O)cc1)C(=O)Nc1ccccc1OC(F)(F)F. The molecule has 0 heterocycles. The molecule has 2 aromatic rings. The third-order valence-electron chi connectivity index (χ3n) is 5.41. The number of urea groups is 1. The number of carbonyl (C=O) groups excluding carboxylic acids is 1. The molecule has 2 amide bonds. The number of hydrogen-bond donors (Lipinski definition) is 2. The van der Waals surface area contributed by atoms with Crippen molar-refractivity contribution in [3.8, 4) is 11.5 Å². The van der Waals surface area contributed by atoms with Crippen LogP contribution in [0.2, 0.25) is 0 Å². The molecule has 0 saturated carbocycles. The Balaban J connectivity index is 1.99. The number of carboxylic acid groups (broad SMARTS) is 1. The van der Waals surface area contributed by atoms with Crippen LogP contribution in [0.4, 0.5) is 23.7 Å². The first-order valence-electron chi connectivity index (χ1n) is 12.7. The van der Waals surface area contributed by atoms with Crippen LogP contribution in [0.25, 0.3) is 0 Å². The number of nitrogens with zero attached hydrogens (tertiary/aromatic N) is 1. The molecular formula is C27H35F3N2O7. The lowest BCUT2D eigenvalue weighted by Crippen LogP contribution is -2.40. The van der Waals surface area contributed by atoms with E-state index in [2.05, 4.69) is 10.1 Å². The fraction of sp³-hybridized carbons (Fsp3) is 0.481. The van der Waals surface area contributed by atoms with Crippen molar-refractivity contribution in [3.05, 3.63) is 54.1 Å². The number of para-hydroxylation sites is 2. The number of ether oxygens (including phenoxy) is 4. The van der Waals surface area contributed by atoms with E-state index in [0.717, 1.165) is 24.5 Å². The minimum Gasteiger partial charge on any atom is -0.492 e. The first-order valence-corrected chi connectivity index (χ1v) is 12.7. The molecule has 2 N–H and O–H groups in total. The van der Waals surface area contributed by atoms with Gasteiger partial charge in [0.05, 0.1) is 18.8 Å². The molecule has 0 saturated heterocycles. The van der Waals surface area contributed by atoms with E-state index in [1.807, 2.05) is 6.92 Å². The predicted octanol–water partition coefficient (Wildman–Crippen LogP) is 5.35. The summed E-state index contributed by atoms with van der Waals surface area (Å²) in [5.74, 6) is -1.06. The average molecular weight is 557 g/mol. The van der Waals surface area contributed by atoms with E-state index in [4.69, 9.17) is 14.2 Å². The van der Waals surface area contributed by atoms with Crippen LogP contribution in [0.15, 0.2) is 48.5 Å². The lowest BCUT2D eigenvalue weighted by atomic mass is 10.1. The lowest BCUT2D eigenvalue weighted by molar-refractivity contribution is -0.274. The van der Waals surface area contributed by atoms with Gasteiger partial charge in [0.25, 0.3) is 0 Å². The molecule has 12 heteroatoms. The van der Waals surface area contributed by atoms with Gasteiger partial charge in [0.2, 0.25) is 0 Å². The number of alkyl halides is 3. The topological polar surface area (TPSA) is 107 Å². The summed E-state index contributed by atoms with van der Waals surface area (Å²) in [5.41, 5.74) is 0.633. The number of nitrogens with one attached hydrogen (secondary N) is 1. The molecular weight excluding hydrogens is 521 g/mol. The number of unbranched alkanes of at least 4 members (excludes halogenated alkanes) is 1. The van der Waals surface area contributed by atoms with Gasteiger partial charge in [0.1, 0.15) is 12.4 Å². The highest BCUT2D eigenvalue weighted by Crippen LogP contribution is 2.30. The molecule has 0 fully saturated rings. The number of aliphatic carboxylic acids is 1. The highest BCUT2D eigenvalue weighted by molar-refractivity contribution is 5.91. The number of anilines is 1. The zero-order valence-corrected chi connectivity index (χ0v) is 22.0. The Morgan fingerprint density at radius 3 is 2.33 bits per heavy atom. The van der Waals surface area contributed by atoms with Crippen molar-refractivity contribution in [1.82, 2.24) is 4.90 Å². The largest absolute Gasteiger partial charge is 0.573 e. The fourth-order valence-electron chi connectivity index (χ4n) is 3.44. The summed E-state index contributed by atoms with van der Waals surface area (Å²) < 4.78 is 58.8. The smallest absolute Gasteiger partial charge is 0.492 e. The normalized spacial score (nSPS) is 12.0. The maximum atomic E-state index is 13.0. The molecule has 9 nitrogen and oxygen atoms in total. The van der Waals surface area contributed by atoms with Gasteiger partial charge in [-0.15, -0.1) is 13.2 Å². The Hall–Kier alpha value is -3.51. The van der Waals surface area contributed by atoms with E-state index in [-0.39, 0.29) is 45.0 Å². The summed E-state index contributed by atoms with van der Waals surface area (Å²) in [4.78, 5) is 25.6. The molecule has 0 bridgehead atoms. The maximum absolute atomic E-state index is 13.0. The second-order valence-electron chi connectivity index (χ2n) is 8.41. The van der Waals surface area contributed by atoms with E-state index in [0.29, 0.717) is 12.4 Å². The number of carbonyl (C=O) groups is 2. The van der Waals surface area contributed by atoms with E-state index in [1.165, 1.54) is 23.1 Å². The molecule has 0 aliphatic heterocycles. The van der Waals surface area contributed by atoms with Gasteiger partial charge in [0.15, 0.2) is 11.9 Å². The summed E-state index contributed by atoms with van der Waals surface area (Å²) >= 11 is 0. The third kappa shape index (κ3) is 12.3. The van der Waals surface area contributed by atoms with Crippen LogP contribution in [0.5, 0.6) is 11.5 Å². The molecule has 1 unspecified atom stereocenters. The maximum Gasteiger partial charge on any atom is 0.573 e. The fourth-order valence-corrected chi connectivity index (χ4v) is 3.44. The van der Waals surface area contributed by atoms with Crippen molar-refractivity contribution in [2.75, 3.05) is 44.8 Å². The number of rotatable bonds is 17. The van der Waals surface area contributed by atoms with Gasteiger partial charge < -0.3 is 34.3 Å². The zero-order chi connectivity index (χ0) is 28.7. The van der Waals surface area contributed by atoms with E-state index in [9.17, 15) is 27.9 Å². The molecule has 1 atom stereocenters. The standard InChI is InChI=1S/C27H35F3N2O7/c1-3-5-16-36-17-14-32(26(35)31-22-8-6-7-9-23(22)39-27(28,29)30)15-18-38-21-12-10-20(11-13-21)19-24(25(33)34)37-4-2/h6-13,24H,3-5,14-19H2,1-2H3,(H,31,35)(H,33,34). The predicted molar refractivity (Wildman–Crippen MR) is 138 cm³/mol. The van der Waals surface area contributed by atoms with E-state index >= 15 is 0 Å². The van der Waals surface area contributed by atoms with Crippen LogP contribution >= 0.6 is 0 Å². The summed E-state index contributed by atoms with van der Waals surface area (Å²) in [6.45, 7) is 5.22. The van der Waals surface area contributed by atoms with Crippen molar-refractivity contribution in [2.45, 2.75) is 45.6 Å². The molecule has 0 spiro atoms. The highest BCUT2D eigenvalue weighted by atomic mass is 19.4. The number of benzene rings is 2. The Labute approximate surface area is 225 Å². The van der Waals surface area contributed by atoms with E-state index in [1.54, 1.807) is 31.2 Å². The third-order valence-corrected chi connectivity index (χ3v) is 5.41. The van der Waals surface area contributed by atoms with Crippen LogP contribution < -0.4 is 14.8 Å². The Morgan fingerprint density at radius 2 is 1.69 bits per heavy atom. The van der Waals surface area contributed by atoms with Crippen molar-refractivity contribution in [3.63, 3.8) is 0 Å². The first-order chi connectivity index (χ1) is 18.6. The molecule has 39 heavy (non-hydrogen) atoms. The minimum atomic E-state index is -4.91. The quantitative estimate of drug-likeness (QED) is 0.253. The zero-order valence-electron chi connectivity index (χ0n) is 22.0. The van der Waals surface area contributed by atoms with Gasteiger partial charge in [-0.05, 0) is 43.2 Å². The van der Waals surface area contributed by atoms with Gasteiger partial charge in [-0.25, -0.2) is 9.59 Å². The number of hydrogen-bond acceptors (Lipinski definition) is 6. The van der Waals surface area contributed by atoms with Crippen LogP contribution in [0.3, 0.4) is 0 Å².